The first-order valence-corrected chi connectivity index (χ1v) is 5.82. The molecule has 1 aromatic carbocycles. The molecular weight excluding hydrogens is 221 g/mol. The molecule has 0 heterocycles. The molecule has 3 N–H and O–H groups in total. The van der Waals surface area contributed by atoms with Gasteiger partial charge in [0.15, 0.2) is 0 Å². The van der Waals surface area contributed by atoms with Crippen LogP contribution in [-0.2, 0) is 0 Å². The van der Waals surface area contributed by atoms with Gasteiger partial charge in [-0.3, -0.25) is 0 Å². The van der Waals surface area contributed by atoms with Crippen molar-refractivity contribution in [2.24, 2.45) is 5.92 Å². The van der Waals surface area contributed by atoms with Crippen LogP contribution in [0.15, 0.2) is 24.3 Å². The van der Waals surface area contributed by atoms with Crippen LogP contribution < -0.4 is 5.32 Å². The lowest BCUT2D eigenvalue weighted by molar-refractivity contribution is 0.155. The molecule has 0 saturated carbocycles. The number of benzene rings is 1. The van der Waals surface area contributed by atoms with E-state index in [2.05, 4.69) is 5.32 Å². The molecule has 0 saturated heterocycles. The molecule has 0 radical (unpaired) electrons. The van der Waals surface area contributed by atoms with E-state index >= 15 is 0 Å². The maximum atomic E-state index is 12.7. The molecular formula is C13H20FNO2. The first-order valence-electron chi connectivity index (χ1n) is 5.82. The smallest absolute Gasteiger partial charge is 0.123 e. The molecule has 0 spiro atoms. The zero-order valence-corrected chi connectivity index (χ0v) is 10.2. The molecule has 1 rings (SSSR count). The summed E-state index contributed by atoms with van der Waals surface area (Å²) < 4.78 is 12.7. The van der Waals surface area contributed by atoms with Crippen molar-refractivity contribution in [1.29, 1.82) is 0 Å². The van der Waals surface area contributed by atoms with Gasteiger partial charge >= 0.3 is 0 Å². The second kappa shape index (κ2) is 6.69. The van der Waals surface area contributed by atoms with Crippen LogP contribution in [0.2, 0.25) is 0 Å². The molecule has 3 unspecified atom stereocenters. The zero-order valence-electron chi connectivity index (χ0n) is 10.2. The Morgan fingerprint density at radius 2 is 1.82 bits per heavy atom. The predicted molar refractivity (Wildman–Crippen MR) is 65.1 cm³/mol. The fourth-order valence-corrected chi connectivity index (χ4v) is 1.46. The van der Waals surface area contributed by atoms with Crippen molar-refractivity contribution < 1.29 is 14.6 Å². The Morgan fingerprint density at radius 3 is 2.35 bits per heavy atom. The highest BCUT2D eigenvalue weighted by atomic mass is 19.1. The summed E-state index contributed by atoms with van der Waals surface area (Å²) in [6.45, 7) is 4.39. The molecule has 96 valence electrons. The van der Waals surface area contributed by atoms with E-state index < -0.39 is 6.10 Å². The first kappa shape index (κ1) is 14.1. The van der Waals surface area contributed by atoms with Gasteiger partial charge in [0.2, 0.25) is 0 Å². The molecule has 0 amide bonds. The van der Waals surface area contributed by atoms with Gasteiger partial charge in [0.25, 0.3) is 0 Å². The summed E-state index contributed by atoms with van der Waals surface area (Å²) in [5.41, 5.74) is 0.683. The van der Waals surface area contributed by atoms with Crippen molar-refractivity contribution in [1.82, 2.24) is 5.32 Å². The van der Waals surface area contributed by atoms with Crippen LogP contribution in [0.1, 0.15) is 25.5 Å². The van der Waals surface area contributed by atoms with Crippen LogP contribution in [-0.4, -0.2) is 29.4 Å². The Balaban J connectivity index is 2.44. The fraction of sp³-hybridized carbons (Fsp3) is 0.538. The summed E-state index contributed by atoms with van der Waals surface area (Å²) in [5, 5.41) is 22.0. The third-order valence-electron chi connectivity index (χ3n) is 3.03. The van der Waals surface area contributed by atoms with Gasteiger partial charge in [-0.25, -0.2) is 4.39 Å². The minimum atomic E-state index is -0.663. The average Bonchev–Trinajstić information content (AvgIpc) is 2.35. The van der Waals surface area contributed by atoms with Gasteiger partial charge < -0.3 is 15.5 Å². The molecule has 0 aliphatic rings. The summed E-state index contributed by atoms with van der Waals surface area (Å²) in [7, 11) is 0. The normalized spacial score (nSPS) is 16.5. The molecule has 0 fully saturated rings. The quantitative estimate of drug-likeness (QED) is 0.707. The SMILES string of the molecule is CC(CO)C(C)NCC(O)c1ccc(F)cc1. The van der Waals surface area contributed by atoms with Crippen LogP contribution >= 0.6 is 0 Å². The molecule has 0 aliphatic carbocycles. The Labute approximate surface area is 101 Å². The highest BCUT2D eigenvalue weighted by molar-refractivity contribution is 5.18. The van der Waals surface area contributed by atoms with Crippen molar-refractivity contribution in [2.75, 3.05) is 13.2 Å². The highest BCUT2D eigenvalue weighted by Gasteiger charge is 2.13. The van der Waals surface area contributed by atoms with E-state index in [0.717, 1.165) is 0 Å². The standard InChI is InChI=1S/C13H20FNO2/c1-9(8-16)10(2)15-7-13(17)11-3-5-12(14)6-4-11/h3-6,9-10,13,15-17H,7-8H2,1-2H3. The molecule has 1 aromatic rings. The Bertz CT molecular complexity index is 329. The molecule has 17 heavy (non-hydrogen) atoms. The lowest BCUT2D eigenvalue weighted by Crippen LogP contribution is -2.36. The number of hydrogen-bond donors (Lipinski definition) is 3. The van der Waals surface area contributed by atoms with Crippen LogP contribution in [0.5, 0.6) is 0 Å². The highest BCUT2D eigenvalue weighted by Crippen LogP contribution is 2.13. The van der Waals surface area contributed by atoms with Gasteiger partial charge in [0.1, 0.15) is 5.82 Å². The maximum Gasteiger partial charge on any atom is 0.123 e. The molecule has 0 bridgehead atoms. The van der Waals surface area contributed by atoms with Crippen molar-refractivity contribution in [3.8, 4) is 0 Å². The summed E-state index contributed by atoms with van der Waals surface area (Å²) in [5.74, 6) is -0.174. The maximum absolute atomic E-state index is 12.7. The average molecular weight is 241 g/mol. The number of aliphatic hydroxyl groups excluding tert-OH is 2. The summed E-state index contributed by atoms with van der Waals surface area (Å²) in [6.07, 6.45) is -0.663. The molecule has 0 aliphatic heterocycles. The van der Waals surface area contributed by atoms with Crippen molar-refractivity contribution in [3.63, 3.8) is 0 Å². The number of hydrogen-bond acceptors (Lipinski definition) is 3. The van der Waals surface area contributed by atoms with Gasteiger partial charge in [-0.05, 0) is 30.5 Å². The number of nitrogens with one attached hydrogen (secondary N) is 1. The summed E-state index contributed by atoms with van der Waals surface area (Å²) in [6, 6.07) is 5.93. The van der Waals surface area contributed by atoms with Gasteiger partial charge in [-0.1, -0.05) is 19.1 Å². The molecule has 3 atom stereocenters. The second-order valence-corrected chi connectivity index (χ2v) is 4.42. The Kier molecular flexibility index (Phi) is 5.55. The van der Waals surface area contributed by atoms with E-state index in [4.69, 9.17) is 5.11 Å². The third kappa shape index (κ3) is 4.42. The van der Waals surface area contributed by atoms with E-state index in [0.29, 0.717) is 12.1 Å². The number of aliphatic hydroxyl groups is 2. The van der Waals surface area contributed by atoms with Crippen molar-refractivity contribution >= 4 is 0 Å². The van der Waals surface area contributed by atoms with Crippen LogP contribution in [0, 0.1) is 11.7 Å². The topological polar surface area (TPSA) is 52.5 Å². The van der Waals surface area contributed by atoms with E-state index in [1.54, 1.807) is 12.1 Å². The minimum absolute atomic E-state index is 0.112. The predicted octanol–water partition coefficient (Wildman–Crippen LogP) is 1.47. The van der Waals surface area contributed by atoms with Gasteiger partial charge in [-0.15, -0.1) is 0 Å². The second-order valence-electron chi connectivity index (χ2n) is 4.42. The van der Waals surface area contributed by atoms with E-state index in [9.17, 15) is 9.50 Å². The largest absolute Gasteiger partial charge is 0.396 e. The molecule has 4 heteroatoms. The fourth-order valence-electron chi connectivity index (χ4n) is 1.46. The van der Waals surface area contributed by atoms with Crippen molar-refractivity contribution in [2.45, 2.75) is 26.0 Å². The van der Waals surface area contributed by atoms with Gasteiger partial charge in [-0.2, -0.15) is 0 Å². The lowest BCUT2D eigenvalue weighted by atomic mass is 10.0. The van der Waals surface area contributed by atoms with Crippen molar-refractivity contribution in [3.05, 3.63) is 35.6 Å². The lowest BCUT2D eigenvalue weighted by Gasteiger charge is -2.21. The monoisotopic (exact) mass is 241 g/mol. The Morgan fingerprint density at radius 1 is 1.24 bits per heavy atom. The van der Waals surface area contributed by atoms with Gasteiger partial charge in [0.05, 0.1) is 6.10 Å². The summed E-state index contributed by atoms with van der Waals surface area (Å²) >= 11 is 0. The van der Waals surface area contributed by atoms with Crippen LogP contribution in [0.3, 0.4) is 0 Å². The van der Waals surface area contributed by atoms with E-state index in [-0.39, 0.29) is 24.4 Å². The zero-order chi connectivity index (χ0) is 12.8. The van der Waals surface area contributed by atoms with E-state index in [1.165, 1.54) is 12.1 Å². The third-order valence-corrected chi connectivity index (χ3v) is 3.03. The first-order chi connectivity index (χ1) is 8.04. The van der Waals surface area contributed by atoms with Crippen LogP contribution in [0.25, 0.3) is 0 Å². The Hall–Kier alpha value is -0.970. The number of halogens is 1. The minimum Gasteiger partial charge on any atom is -0.396 e. The molecule has 0 aromatic heterocycles. The van der Waals surface area contributed by atoms with E-state index in [1.807, 2.05) is 13.8 Å². The van der Waals surface area contributed by atoms with Crippen LogP contribution in [0.4, 0.5) is 4.39 Å². The summed E-state index contributed by atoms with van der Waals surface area (Å²) in [4.78, 5) is 0. The van der Waals surface area contributed by atoms with Gasteiger partial charge in [0, 0.05) is 19.2 Å². The number of rotatable bonds is 6. The molecule has 3 nitrogen and oxygen atoms in total.